The first-order valence-corrected chi connectivity index (χ1v) is 7.89. The highest BCUT2D eigenvalue weighted by atomic mass is 32.2. The molecule has 2 aromatic carbocycles. The summed E-state index contributed by atoms with van der Waals surface area (Å²) in [5.41, 5.74) is 4.71. The minimum absolute atomic E-state index is 0.138. The van der Waals surface area contributed by atoms with Crippen LogP contribution in [0, 0.1) is 0 Å². The number of aryl methyl sites for hydroxylation is 1. The van der Waals surface area contributed by atoms with Gasteiger partial charge in [0.25, 0.3) is 10.1 Å². The molecule has 0 fully saturated rings. The highest BCUT2D eigenvalue weighted by Crippen LogP contribution is 2.13. The van der Waals surface area contributed by atoms with Gasteiger partial charge < -0.3 is 0 Å². The van der Waals surface area contributed by atoms with Crippen molar-refractivity contribution in [3.8, 4) is 0 Å². The zero-order chi connectivity index (χ0) is 15.1. The van der Waals surface area contributed by atoms with Gasteiger partial charge in [0, 0.05) is 6.21 Å². The predicted octanol–water partition coefficient (Wildman–Crippen LogP) is 2.96. The number of anilines is 1. The van der Waals surface area contributed by atoms with Gasteiger partial charge in [0.1, 0.15) is 0 Å². The second-order valence-electron chi connectivity index (χ2n) is 4.45. The zero-order valence-electron chi connectivity index (χ0n) is 11.3. The summed E-state index contributed by atoms with van der Waals surface area (Å²) in [6, 6.07) is 15.8. The van der Waals surface area contributed by atoms with E-state index in [1.165, 1.54) is 29.8 Å². The van der Waals surface area contributed by atoms with Gasteiger partial charge in [-0.3, -0.25) is 9.98 Å². The fourth-order valence-electron chi connectivity index (χ4n) is 1.76. The summed E-state index contributed by atoms with van der Waals surface area (Å²) in [4.78, 5) is -0.138. The Labute approximate surface area is 124 Å². The molecule has 0 aliphatic carbocycles. The average molecular weight is 304 g/mol. The van der Waals surface area contributed by atoms with Gasteiger partial charge in [-0.2, -0.15) is 13.5 Å². The van der Waals surface area contributed by atoms with E-state index in [1.54, 1.807) is 6.21 Å². The molecule has 2 N–H and O–H groups in total. The van der Waals surface area contributed by atoms with Crippen molar-refractivity contribution in [3.63, 3.8) is 0 Å². The lowest BCUT2D eigenvalue weighted by molar-refractivity contribution is 0.483. The van der Waals surface area contributed by atoms with Gasteiger partial charge in [-0.15, -0.1) is 0 Å². The molecular formula is C15H16N2O3S. The van der Waals surface area contributed by atoms with Crippen molar-refractivity contribution >= 4 is 22.0 Å². The average Bonchev–Trinajstić information content (AvgIpc) is 2.47. The zero-order valence-corrected chi connectivity index (χ0v) is 12.1. The van der Waals surface area contributed by atoms with E-state index in [4.69, 9.17) is 4.55 Å². The van der Waals surface area contributed by atoms with E-state index in [-0.39, 0.29) is 4.90 Å². The van der Waals surface area contributed by atoms with E-state index in [0.29, 0.717) is 5.69 Å². The minimum atomic E-state index is -4.15. The van der Waals surface area contributed by atoms with Crippen LogP contribution < -0.4 is 5.43 Å². The molecule has 0 aliphatic rings. The maximum absolute atomic E-state index is 10.9. The maximum atomic E-state index is 10.9. The van der Waals surface area contributed by atoms with Crippen LogP contribution in [0.2, 0.25) is 0 Å². The summed E-state index contributed by atoms with van der Waals surface area (Å²) < 4.78 is 30.6. The van der Waals surface area contributed by atoms with E-state index < -0.39 is 10.1 Å². The van der Waals surface area contributed by atoms with E-state index in [9.17, 15) is 8.42 Å². The van der Waals surface area contributed by atoms with Gasteiger partial charge in [-0.1, -0.05) is 30.3 Å². The van der Waals surface area contributed by atoms with Crippen LogP contribution in [0.5, 0.6) is 0 Å². The number of nitrogens with zero attached hydrogens (tertiary/aromatic N) is 1. The lowest BCUT2D eigenvalue weighted by atomic mass is 10.1. The molecule has 0 aliphatic heterocycles. The summed E-state index contributed by atoms with van der Waals surface area (Å²) in [6.07, 6.45) is 3.48. The lowest BCUT2D eigenvalue weighted by Gasteiger charge is -2.01. The van der Waals surface area contributed by atoms with Crippen LogP contribution in [-0.4, -0.2) is 19.2 Å². The summed E-state index contributed by atoms with van der Waals surface area (Å²) in [6.45, 7) is 0. The molecule has 0 spiro atoms. The molecule has 2 rings (SSSR count). The summed E-state index contributed by atoms with van der Waals surface area (Å²) in [5.74, 6) is 0. The Morgan fingerprint density at radius 2 is 1.71 bits per heavy atom. The molecule has 5 nitrogen and oxygen atoms in total. The van der Waals surface area contributed by atoms with Gasteiger partial charge >= 0.3 is 0 Å². The van der Waals surface area contributed by atoms with Crippen molar-refractivity contribution in [3.05, 3.63) is 60.2 Å². The normalized spacial score (nSPS) is 11.7. The molecule has 0 saturated heterocycles. The Balaban J connectivity index is 1.81. The molecule has 2 aromatic rings. The predicted molar refractivity (Wildman–Crippen MR) is 83.1 cm³/mol. The third-order valence-corrected chi connectivity index (χ3v) is 3.71. The highest BCUT2D eigenvalue weighted by molar-refractivity contribution is 7.85. The standard InChI is InChI=1S/C15H16N2O3S/c18-21(19,20)15-10-8-14(9-11-15)17-16-12-4-7-13-5-2-1-3-6-13/h1-3,5-6,8-12,17H,4,7H2,(H,18,19,20)/b16-12-. The molecule has 0 aromatic heterocycles. The van der Waals surface area contributed by atoms with E-state index >= 15 is 0 Å². The first-order chi connectivity index (χ1) is 10.1. The quantitative estimate of drug-likeness (QED) is 0.488. The number of nitrogens with one attached hydrogen (secondary N) is 1. The number of hydrogen-bond acceptors (Lipinski definition) is 4. The van der Waals surface area contributed by atoms with Crippen LogP contribution >= 0.6 is 0 Å². The van der Waals surface area contributed by atoms with Crippen molar-refractivity contribution in [2.24, 2.45) is 5.10 Å². The first kappa shape index (κ1) is 15.2. The van der Waals surface area contributed by atoms with E-state index in [1.807, 2.05) is 18.2 Å². The second kappa shape index (κ2) is 7.01. The number of rotatable bonds is 6. The molecule has 0 radical (unpaired) electrons. The molecule has 0 amide bonds. The summed E-state index contributed by atoms with van der Waals surface area (Å²) in [7, 11) is -4.15. The van der Waals surface area contributed by atoms with E-state index in [0.717, 1.165) is 12.8 Å². The molecule has 0 bridgehead atoms. The SMILES string of the molecule is O=S(=O)(O)c1ccc(N/N=C\CCc2ccccc2)cc1. The van der Waals surface area contributed by atoms with Crippen molar-refractivity contribution < 1.29 is 13.0 Å². The molecule has 0 atom stereocenters. The minimum Gasteiger partial charge on any atom is -0.282 e. The number of hydrazone groups is 1. The fraction of sp³-hybridized carbons (Fsp3) is 0.133. The van der Waals surface area contributed by atoms with Crippen molar-refractivity contribution in [2.75, 3.05) is 5.43 Å². The monoisotopic (exact) mass is 304 g/mol. The Hall–Kier alpha value is -2.18. The Kier molecular flexibility index (Phi) is 5.08. The largest absolute Gasteiger partial charge is 0.294 e. The third kappa shape index (κ3) is 5.02. The van der Waals surface area contributed by atoms with Crippen molar-refractivity contribution in [2.45, 2.75) is 17.7 Å². The van der Waals surface area contributed by atoms with E-state index in [2.05, 4.69) is 22.7 Å². The molecule has 0 heterocycles. The number of hydrogen-bond donors (Lipinski definition) is 2. The molecular weight excluding hydrogens is 288 g/mol. The highest BCUT2D eigenvalue weighted by Gasteiger charge is 2.07. The van der Waals surface area contributed by atoms with Crippen molar-refractivity contribution in [1.29, 1.82) is 0 Å². The lowest BCUT2D eigenvalue weighted by Crippen LogP contribution is -1.98. The van der Waals surface area contributed by atoms with Gasteiger partial charge in [0.2, 0.25) is 0 Å². The topological polar surface area (TPSA) is 78.8 Å². The molecule has 0 unspecified atom stereocenters. The second-order valence-corrected chi connectivity index (χ2v) is 5.87. The molecule has 0 saturated carbocycles. The Morgan fingerprint density at radius 3 is 2.33 bits per heavy atom. The smallest absolute Gasteiger partial charge is 0.282 e. The van der Waals surface area contributed by atoms with Gasteiger partial charge in [0.05, 0.1) is 10.6 Å². The van der Waals surface area contributed by atoms with Gasteiger partial charge in [-0.05, 0) is 42.7 Å². The van der Waals surface area contributed by atoms with Crippen LogP contribution in [0.4, 0.5) is 5.69 Å². The first-order valence-electron chi connectivity index (χ1n) is 6.45. The molecule has 6 heteroatoms. The third-order valence-electron chi connectivity index (χ3n) is 2.84. The summed E-state index contributed by atoms with van der Waals surface area (Å²) in [5, 5.41) is 4.06. The van der Waals surface area contributed by atoms with Crippen molar-refractivity contribution in [1.82, 2.24) is 0 Å². The molecule has 110 valence electrons. The van der Waals surface area contributed by atoms with Crippen LogP contribution in [0.3, 0.4) is 0 Å². The maximum Gasteiger partial charge on any atom is 0.294 e. The van der Waals surface area contributed by atoms with Gasteiger partial charge in [0.15, 0.2) is 0 Å². The Bertz CT molecular complexity index is 695. The number of benzene rings is 2. The van der Waals surface area contributed by atoms with Crippen LogP contribution in [0.1, 0.15) is 12.0 Å². The summed E-state index contributed by atoms with van der Waals surface area (Å²) >= 11 is 0. The van der Waals surface area contributed by atoms with Crippen LogP contribution in [0.25, 0.3) is 0 Å². The van der Waals surface area contributed by atoms with Crippen LogP contribution in [0.15, 0.2) is 64.6 Å². The molecule has 21 heavy (non-hydrogen) atoms. The Morgan fingerprint density at radius 1 is 1.05 bits per heavy atom. The van der Waals surface area contributed by atoms with Crippen LogP contribution in [-0.2, 0) is 16.5 Å². The fourth-order valence-corrected chi connectivity index (χ4v) is 2.24. The van der Waals surface area contributed by atoms with Gasteiger partial charge in [-0.25, -0.2) is 0 Å².